The highest BCUT2D eigenvalue weighted by molar-refractivity contribution is 6.32. The van der Waals surface area contributed by atoms with Crippen molar-refractivity contribution < 1.29 is 14.3 Å². The first-order valence-electron chi connectivity index (χ1n) is 9.69. The average molecular weight is 403 g/mol. The lowest BCUT2D eigenvalue weighted by atomic mass is 10.1. The first-order valence-corrected chi connectivity index (χ1v) is 10.1. The molecule has 1 aliphatic rings. The van der Waals surface area contributed by atoms with E-state index in [1.165, 1.54) is 5.56 Å². The molecule has 0 unspecified atom stereocenters. The van der Waals surface area contributed by atoms with Crippen LogP contribution in [0.5, 0.6) is 11.5 Å². The summed E-state index contributed by atoms with van der Waals surface area (Å²) in [6.07, 6.45) is 1.99. The monoisotopic (exact) mass is 402 g/mol. The van der Waals surface area contributed by atoms with E-state index in [2.05, 4.69) is 41.5 Å². The Kier molecular flexibility index (Phi) is 7.57. The second-order valence-corrected chi connectivity index (χ2v) is 7.47. The quantitative estimate of drug-likeness (QED) is 0.684. The number of carbonyl (C=O) groups excluding carboxylic acids is 1. The highest BCUT2D eigenvalue weighted by Gasteiger charge is 2.16. The van der Waals surface area contributed by atoms with E-state index < -0.39 is 0 Å². The Hall–Kier alpha value is -2.24. The van der Waals surface area contributed by atoms with Crippen LogP contribution in [0.15, 0.2) is 42.5 Å². The summed E-state index contributed by atoms with van der Waals surface area (Å²) in [5.74, 6) is 1.18. The van der Waals surface area contributed by atoms with Gasteiger partial charge in [0.25, 0.3) is 0 Å². The summed E-state index contributed by atoms with van der Waals surface area (Å²) in [4.78, 5) is 14.5. The van der Waals surface area contributed by atoms with E-state index in [1.807, 2.05) is 12.1 Å². The Bertz CT molecular complexity index is 783. The zero-order valence-electron chi connectivity index (χ0n) is 16.2. The molecule has 0 aromatic heterocycles. The van der Waals surface area contributed by atoms with E-state index >= 15 is 0 Å². The molecule has 0 fully saturated rings. The minimum atomic E-state index is -0.0173. The molecule has 1 aliphatic heterocycles. The molecular weight excluding hydrogens is 376 g/mol. The van der Waals surface area contributed by atoms with Gasteiger partial charge < -0.3 is 19.7 Å². The summed E-state index contributed by atoms with van der Waals surface area (Å²) >= 11 is 6.29. The lowest BCUT2D eigenvalue weighted by Crippen LogP contribution is -2.29. The summed E-state index contributed by atoms with van der Waals surface area (Å²) in [7, 11) is 2.09. The van der Waals surface area contributed by atoms with Gasteiger partial charge in [0.15, 0.2) is 11.5 Å². The molecule has 0 saturated heterocycles. The van der Waals surface area contributed by atoms with Gasteiger partial charge in [-0.1, -0.05) is 41.9 Å². The molecule has 28 heavy (non-hydrogen) atoms. The van der Waals surface area contributed by atoms with Crippen LogP contribution < -0.4 is 14.8 Å². The first kappa shape index (κ1) is 20.5. The molecule has 150 valence electrons. The van der Waals surface area contributed by atoms with E-state index in [9.17, 15) is 4.79 Å². The lowest BCUT2D eigenvalue weighted by molar-refractivity contribution is -0.120. The number of carbonyl (C=O) groups is 1. The largest absolute Gasteiger partial charge is 0.489 e. The van der Waals surface area contributed by atoms with Gasteiger partial charge in [0, 0.05) is 19.5 Å². The zero-order valence-corrected chi connectivity index (χ0v) is 17.0. The molecule has 0 bridgehead atoms. The number of ether oxygens (including phenoxy) is 2. The van der Waals surface area contributed by atoms with Gasteiger partial charge in [-0.15, -0.1) is 0 Å². The van der Waals surface area contributed by atoms with Crippen molar-refractivity contribution in [3.63, 3.8) is 0 Å². The van der Waals surface area contributed by atoms with Crippen molar-refractivity contribution in [2.75, 3.05) is 33.4 Å². The topological polar surface area (TPSA) is 50.8 Å². The molecule has 3 rings (SSSR count). The molecule has 2 aromatic rings. The molecule has 2 aromatic carbocycles. The molecule has 0 radical (unpaired) electrons. The number of amides is 1. The van der Waals surface area contributed by atoms with Gasteiger partial charge >= 0.3 is 0 Å². The van der Waals surface area contributed by atoms with Gasteiger partial charge in [0.1, 0.15) is 0 Å². The van der Waals surface area contributed by atoms with Gasteiger partial charge in [-0.25, -0.2) is 0 Å². The maximum atomic E-state index is 12.3. The SMILES string of the molecule is CN(CCCNC(=O)Cc1cc(Cl)c2c(c1)OCCCO2)Cc1ccccc1. The summed E-state index contributed by atoms with van der Waals surface area (Å²) in [5, 5.41) is 3.47. The molecule has 1 heterocycles. The highest BCUT2D eigenvalue weighted by Crippen LogP contribution is 2.38. The smallest absolute Gasteiger partial charge is 0.224 e. The third-order valence-electron chi connectivity index (χ3n) is 4.56. The number of hydrogen-bond donors (Lipinski definition) is 1. The Morgan fingerprint density at radius 2 is 1.93 bits per heavy atom. The van der Waals surface area contributed by atoms with E-state index in [0.717, 1.165) is 31.5 Å². The van der Waals surface area contributed by atoms with E-state index in [4.69, 9.17) is 21.1 Å². The zero-order chi connectivity index (χ0) is 19.8. The van der Waals surface area contributed by atoms with E-state index in [-0.39, 0.29) is 12.3 Å². The molecule has 1 amide bonds. The molecule has 0 spiro atoms. The Morgan fingerprint density at radius 3 is 2.75 bits per heavy atom. The predicted octanol–water partition coefficient (Wildman–Crippen LogP) is 3.68. The van der Waals surface area contributed by atoms with Crippen LogP contribution in [0, 0.1) is 0 Å². The summed E-state index contributed by atoms with van der Waals surface area (Å²) in [6.45, 7) is 3.66. The highest BCUT2D eigenvalue weighted by atomic mass is 35.5. The van der Waals surface area contributed by atoms with Crippen LogP contribution in [0.1, 0.15) is 24.0 Å². The number of nitrogens with one attached hydrogen (secondary N) is 1. The molecule has 6 heteroatoms. The van der Waals surface area contributed by atoms with Crippen LogP contribution in [-0.4, -0.2) is 44.2 Å². The van der Waals surface area contributed by atoms with Crippen molar-refractivity contribution >= 4 is 17.5 Å². The van der Waals surface area contributed by atoms with Crippen LogP contribution in [0.25, 0.3) is 0 Å². The first-order chi connectivity index (χ1) is 13.6. The van der Waals surface area contributed by atoms with Crippen molar-refractivity contribution in [3.05, 3.63) is 58.6 Å². The fraction of sp³-hybridized carbons (Fsp3) is 0.409. The molecular formula is C22H27ClN2O3. The minimum Gasteiger partial charge on any atom is -0.489 e. The van der Waals surface area contributed by atoms with Crippen LogP contribution in [0.4, 0.5) is 0 Å². The third-order valence-corrected chi connectivity index (χ3v) is 4.84. The summed E-state index contributed by atoms with van der Waals surface area (Å²) in [6, 6.07) is 14.0. The van der Waals surface area contributed by atoms with Crippen molar-refractivity contribution in [1.29, 1.82) is 0 Å². The van der Waals surface area contributed by atoms with Crippen molar-refractivity contribution in [2.24, 2.45) is 0 Å². The van der Waals surface area contributed by atoms with Crippen LogP contribution in [0.2, 0.25) is 5.02 Å². The van der Waals surface area contributed by atoms with E-state index in [0.29, 0.717) is 36.3 Å². The van der Waals surface area contributed by atoms with Gasteiger partial charge in [-0.2, -0.15) is 0 Å². The van der Waals surface area contributed by atoms with E-state index in [1.54, 1.807) is 6.07 Å². The van der Waals surface area contributed by atoms with Gasteiger partial charge in [0.05, 0.1) is 24.7 Å². The Balaban J connectivity index is 1.41. The van der Waals surface area contributed by atoms with Crippen LogP contribution in [0.3, 0.4) is 0 Å². The number of halogens is 1. The van der Waals surface area contributed by atoms with Crippen LogP contribution >= 0.6 is 11.6 Å². The summed E-state index contributed by atoms with van der Waals surface area (Å²) in [5.41, 5.74) is 2.12. The second-order valence-electron chi connectivity index (χ2n) is 7.06. The minimum absolute atomic E-state index is 0.0173. The molecule has 1 N–H and O–H groups in total. The number of rotatable bonds is 8. The maximum absolute atomic E-state index is 12.3. The van der Waals surface area contributed by atoms with Crippen LogP contribution in [-0.2, 0) is 17.8 Å². The third kappa shape index (κ3) is 6.14. The maximum Gasteiger partial charge on any atom is 0.224 e. The standard InChI is InChI=1S/C22H27ClN2O3/c1-25(16-17-7-3-2-4-8-17)10-5-9-24-21(26)15-18-13-19(23)22-20(14-18)27-11-6-12-28-22/h2-4,7-8,13-14H,5-6,9-12,15-16H2,1H3,(H,24,26). The predicted molar refractivity (Wildman–Crippen MR) is 111 cm³/mol. The number of hydrogen-bond acceptors (Lipinski definition) is 4. The number of fused-ring (bicyclic) bond motifs is 1. The fourth-order valence-corrected chi connectivity index (χ4v) is 3.47. The number of nitrogens with zero attached hydrogens (tertiary/aromatic N) is 1. The second kappa shape index (κ2) is 10.3. The van der Waals surface area contributed by atoms with Gasteiger partial charge in [0.2, 0.25) is 5.91 Å². The molecule has 0 atom stereocenters. The van der Waals surface area contributed by atoms with Crippen molar-refractivity contribution in [2.45, 2.75) is 25.8 Å². The van der Waals surface area contributed by atoms with Gasteiger partial charge in [-0.3, -0.25) is 4.79 Å². The van der Waals surface area contributed by atoms with Crippen molar-refractivity contribution in [1.82, 2.24) is 10.2 Å². The number of benzene rings is 2. The van der Waals surface area contributed by atoms with Gasteiger partial charge in [-0.05, 0) is 43.3 Å². The average Bonchev–Trinajstić information content (AvgIpc) is 2.92. The molecule has 0 saturated carbocycles. The fourth-order valence-electron chi connectivity index (χ4n) is 3.19. The Morgan fingerprint density at radius 1 is 1.14 bits per heavy atom. The molecule has 5 nitrogen and oxygen atoms in total. The molecule has 0 aliphatic carbocycles. The normalized spacial score (nSPS) is 13.2. The summed E-state index contributed by atoms with van der Waals surface area (Å²) < 4.78 is 11.3. The lowest BCUT2D eigenvalue weighted by Gasteiger charge is -2.17. The van der Waals surface area contributed by atoms with Crippen molar-refractivity contribution in [3.8, 4) is 11.5 Å². The Labute approximate surface area is 171 Å².